The van der Waals surface area contributed by atoms with E-state index in [1.54, 1.807) is 6.92 Å². The molecule has 1 aliphatic heterocycles. The van der Waals surface area contributed by atoms with Crippen LogP contribution in [0.4, 0.5) is 0 Å². The van der Waals surface area contributed by atoms with Crippen LogP contribution < -0.4 is 10.5 Å². The van der Waals surface area contributed by atoms with Gasteiger partial charge in [-0.3, -0.25) is 9.69 Å². The number of benzene rings is 1. The summed E-state index contributed by atoms with van der Waals surface area (Å²) in [6, 6.07) is 6.15. The normalized spacial score (nSPS) is 18.3. The minimum absolute atomic E-state index is 0. The first kappa shape index (κ1) is 18.0. The molecule has 1 atom stereocenters. The van der Waals surface area contributed by atoms with Crippen molar-refractivity contribution in [1.82, 2.24) is 4.90 Å². The van der Waals surface area contributed by atoms with E-state index in [4.69, 9.17) is 10.5 Å². The average molecular weight is 313 g/mol. The number of rotatable bonds is 6. The topological polar surface area (TPSA) is 55.6 Å². The van der Waals surface area contributed by atoms with Crippen LogP contribution in [0.2, 0.25) is 0 Å². The molecule has 1 fully saturated rings. The first-order valence-electron chi connectivity index (χ1n) is 7.36. The average Bonchev–Trinajstić information content (AvgIpc) is 2.88. The van der Waals surface area contributed by atoms with Gasteiger partial charge < -0.3 is 10.5 Å². The minimum Gasteiger partial charge on any atom is -0.494 e. The molecule has 0 amide bonds. The fourth-order valence-electron chi connectivity index (χ4n) is 2.81. The SMILES string of the molecule is CCOc1ccc(C(C)=O)cc1CN1CCCC1CN.Cl. The summed E-state index contributed by atoms with van der Waals surface area (Å²) in [7, 11) is 0. The second-order valence-corrected chi connectivity index (χ2v) is 5.31. The van der Waals surface area contributed by atoms with E-state index in [9.17, 15) is 4.79 Å². The number of nitrogens with two attached hydrogens (primary N) is 1. The maximum Gasteiger partial charge on any atom is 0.159 e. The maximum absolute atomic E-state index is 11.6. The number of ether oxygens (including phenoxy) is 1. The van der Waals surface area contributed by atoms with Crippen molar-refractivity contribution in [2.45, 2.75) is 39.3 Å². The van der Waals surface area contributed by atoms with E-state index >= 15 is 0 Å². The van der Waals surface area contributed by atoms with Crippen LogP contribution in [0.15, 0.2) is 18.2 Å². The predicted octanol–water partition coefficient (Wildman–Crippen LogP) is 2.63. The third-order valence-electron chi connectivity index (χ3n) is 3.91. The van der Waals surface area contributed by atoms with Gasteiger partial charge in [-0.2, -0.15) is 0 Å². The summed E-state index contributed by atoms with van der Waals surface area (Å²) in [6.07, 6.45) is 2.35. The highest BCUT2D eigenvalue weighted by Crippen LogP contribution is 2.26. The Kier molecular flexibility index (Phi) is 7.15. The van der Waals surface area contributed by atoms with E-state index < -0.39 is 0 Å². The molecule has 4 nitrogen and oxygen atoms in total. The third kappa shape index (κ3) is 4.43. The largest absolute Gasteiger partial charge is 0.494 e. The lowest BCUT2D eigenvalue weighted by atomic mass is 10.1. The van der Waals surface area contributed by atoms with E-state index in [-0.39, 0.29) is 18.2 Å². The Morgan fingerprint density at radius 2 is 2.24 bits per heavy atom. The Morgan fingerprint density at radius 3 is 2.86 bits per heavy atom. The first-order valence-corrected chi connectivity index (χ1v) is 7.36. The Hall–Kier alpha value is -1.10. The van der Waals surface area contributed by atoms with Gasteiger partial charge in [-0.1, -0.05) is 0 Å². The Morgan fingerprint density at radius 1 is 1.48 bits per heavy atom. The molecule has 21 heavy (non-hydrogen) atoms. The van der Waals surface area contributed by atoms with Crippen LogP contribution in [-0.2, 0) is 6.54 Å². The van der Waals surface area contributed by atoms with Crippen LogP contribution in [0, 0.1) is 0 Å². The highest BCUT2D eigenvalue weighted by molar-refractivity contribution is 5.94. The number of hydrogen-bond donors (Lipinski definition) is 1. The van der Waals surface area contributed by atoms with Gasteiger partial charge in [-0.05, 0) is 51.4 Å². The number of carbonyl (C=O) groups is 1. The summed E-state index contributed by atoms with van der Waals surface area (Å²) >= 11 is 0. The summed E-state index contributed by atoms with van der Waals surface area (Å²) in [4.78, 5) is 13.9. The Balaban J connectivity index is 0.00000220. The number of nitrogens with zero attached hydrogens (tertiary/aromatic N) is 1. The molecule has 0 aliphatic carbocycles. The second-order valence-electron chi connectivity index (χ2n) is 5.31. The smallest absolute Gasteiger partial charge is 0.159 e. The molecule has 2 N–H and O–H groups in total. The van der Waals surface area contributed by atoms with Crippen LogP contribution in [0.5, 0.6) is 5.75 Å². The molecule has 1 aromatic rings. The number of carbonyl (C=O) groups excluding carboxylic acids is 1. The van der Waals surface area contributed by atoms with Crippen LogP contribution >= 0.6 is 12.4 Å². The molecule has 0 bridgehead atoms. The molecule has 1 aliphatic rings. The Bertz CT molecular complexity index is 479. The van der Waals surface area contributed by atoms with Crippen molar-refractivity contribution in [2.24, 2.45) is 5.73 Å². The highest BCUT2D eigenvalue weighted by atomic mass is 35.5. The van der Waals surface area contributed by atoms with E-state index in [2.05, 4.69) is 4.90 Å². The molecule has 5 heteroatoms. The molecule has 0 saturated carbocycles. The number of halogens is 1. The minimum atomic E-state index is 0. The van der Waals surface area contributed by atoms with Gasteiger partial charge in [0.05, 0.1) is 6.61 Å². The van der Waals surface area contributed by atoms with Crippen molar-refractivity contribution < 1.29 is 9.53 Å². The van der Waals surface area contributed by atoms with Crippen molar-refractivity contribution in [3.8, 4) is 5.75 Å². The second kappa shape index (κ2) is 8.37. The maximum atomic E-state index is 11.6. The fraction of sp³-hybridized carbons (Fsp3) is 0.562. The zero-order valence-corrected chi connectivity index (χ0v) is 13.6. The number of hydrogen-bond acceptors (Lipinski definition) is 4. The van der Waals surface area contributed by atoms with E-state index in [0.717, 1.165) is 36.4 Å². The summed E-state index contributed by atoms with van der Waals surface area (Å²) in [5.41, 5.74) is 7.65. The van der Waals surface area contributed by atoms with Crippen LogP contribution in [0.25, 0.3) is 0 Å². The summed E-state index contributed by atoms with van der Waals surface area (Å²) in [5, 5.41) is 0. The van der Waals surface area contributed by atoms with Gasteiger partial charge in [-0.25, -0.2) is 0 Å². The molecule has 0 spiro atoms. The molecule has 1 aromatic carbocycles. The van der Waals surface area contributed by atoms with Crippen molar-refractivity contribution in [1.29, 1.82) is 0 Å². The number of likely N-dealkylation sites (tertiary alicyclic amines) is 1. The molecule has 2 rings (SSSR count). The monoisotopic (exact) mass is 312 g/mol. The summed E-state index contributed by atoms with van der Waals surface area (Å²) < 4.78 is 5.68. The third-order valence-corrected chi connectivity index (χ3v) is 3.91. The van der Waals surface area contributed by atoms with Gasteiger partial charge in [0.25, 0.3) is 0 Å². The van der Waals surface area contributed by atoms with Crippen molar-refractivity contribution in [3.63, 3.8) is 0 Å². The fourth-order valence-corrected chi connectivity index (χ4v) is 2.81. The van der Waals surface area contributed by atoms with E-state index in [0.29, 0.717) is 19.2 Å². The van der Waals surface area contributed by atoms with Gasteiger partial charge >= 0.3 is 0 Å². The highest BCUT2D eigenvalue weighted by Gasteiger charge is 2.24. The van der Waals surface area contributed by atoms with Gasteiger partial charge in [0, 0.05) is 30.3 Å². The van der Waals surface area contributed by atoms with E-state index in [1.165, 1.54) is 6.42 Å². The number of ketones is 1. The van der Waals surface area contributed by atoms with Crippen LogP contribution in [0.3, 0.4) is 0 Å². The zero-order valence-electron chi connectivity index (χ0n) is 12.8. The van der Waals surface area contributed by atoms with Crippen molar-refractivity contribution >= 4 is 18.2 Å². The summed E-state index contributed by atoms with van der Waals surface area (Å²) in [6.45, 7) is 6.76. The molecule has 1 saturated heterocycles. The molecular formula is C16H25ClN2O2. The summed E-state index contributed by atoms with van der Waals surface area (Å²) in [5.74, 6) is 0.964. The molecule has 118 valence electrons. The van der Waals surface area contributed by atoms with Crippen molar-refractivity contribution in [2.75, 3.05) is 19.7 Å². The molecule has 0 radical (unpaired) electrons. The lowest BCUT2D eigenvalue weighted by molar-refractivity contribution is 0.101. The number of Topliss-reactive ketones (excluding diaryl/α,β-unsaturated/α-hetero) is 1. The van der Waals surface area contributed by atoms with Gasteiger partial charge in [0.15, 0.2) is 5.78 Å². The van der Waals surface area contributed by atoms with E-state index in [1.807, 2.05) is 25.1 Å². The molecule has 0 aromatic heterocycles. The first-order chi connectivity index (χ1) is 9.65. The van der Waals surface area contributed by atoms with Gasteiger partial charge in [-0.15, -0.1) is 12.4 Å². The van der Waals surface area contributed by atoms with Gasteiger partial charge in [0.2, 0.25) is 0 Å². The zero-order chi connectivity index (χ0) is 14.5. The lowest BCUT2D eigenvalue weighted by Crippen LogP contribution is -2.35. The van der Waals surface area contributed by atoms with Crippen LogP contribution in [0.1, 0.15) is 42.6 Å². The molecular weight excluding hydrogens is 288 g/mol. The van der Waals surface area contributed by atoms with Crippen molar-refractivity contribution in [3.05, 3.63) is 29.3 Å². The predicted molar refractivity (Wildman–Crippen MR) is 87.3 cm³/mol. The van der Waals surface area contributed by atoms with Crippen LogP contribution in [-0.4, -0.2) is 36.4 Å². The molecule has 1 unspecified atom stereocenters. The molecule has 1 heterocycles. The Labute approximate surface area is 133 Å². The van der Waals surface area contributed by atoms with Gasteiger partial charge in [0.1, 0.15) is 5.75 Å². The quantitative estimate of drug-likeness (QED) is 0.820. The standard InChI is InChI=1S/C16H24N2O2.ClH/c1-3-20-16-7-6-13(12(2)19)9-14(16)11-18-8-4-5-15(18)10-17;/h6-7,9,15H,3-5,8,10-11,17H2,1-2H3;1H. The lowest BCUT2D eigenvalue weighted by Gasteiger charge is -2.24.